The monoisotopic (exact) mass is 564 g/mol. The summed E-state index contributed by atoms with van der Waals surface area (Å²) >= 11 is 1.07. The molecule has 0 saturated carbocycles. The number of benzene rings is 2. The molecule has 0 radical (unpaired) electrons. The van der Waals surface area contributed by atoms with Gasteiger partial charge in [-0.05, 0) is 49.2 Å². The Kier molecular flexibility index (Phi) is 7.71. The molecule has 0 aliphatic carbocycles. The van der Waals surface area contributed by atoms with Crippen LogP contribution < -0.4 is 19.8 Å². The highest BCUT2D eigenvalue weighted by molar-refractivity contribution is 7.17. The molecule has 5 rings (SSSR count). The SMILES string of the molecule is CCCCCCOc1ccc(C2c3c(oc4ccc(F)cc4c3=O)C(=O)N2c2nc(C)c(C(C)=O)s2)cc1OC. The van der Waals surface area contributed by atoms with Gasteiger partial charge in [0.05, 0.1) is 41.3 Å². The van der Waals surface area contributed by atoms with E-state index in [4.69, 9.17) is 13.9 Å². The Morgan fingerprint density at radius 1 is 1.12 bits per heavy atom. The van der Waals surface area contributed by atoms with Crippen molar-refractivity contribution < 1.29 is 27.9 Å². The number of rotatable bonds is 10. The maximum Gasteiger partial charge on any atom is 0.297 e. The minimum absolute atomic E-state index is 0.0251. The van der Waals surface area contributed by atoms with Crippen molar-refractivity contribution in [3.8, 4) is 11.5 Å². The van der Waals surface area contributed by atoms with Gasteiger partial charge in [-0.25, -0.2) is 9.37 Å². The Labute approximate surface area is 234 Å². The normalized spacial score (nSPS) is 14.6. The standard InChI is InChI=1S/C30H29FN2O6S/c1-5-6-7-8-13-38-22-11-9-18(14-23(22)37-4)25-24-26(35)20-15-19(31)10-12-21(20)39-27(24)29(36)33(25)30-32-16(2)28(40-30)17(3)34/h9-12,14-15,25H,5-8,13H2,1-4H3. The molecular weight excluding hydrogens is 535 g/mol. The van der Waals surface area contributed by atoms with Crippen LogP contribution in [0.15, 0.2) is 45.6 Å². The number of unbranched alkanes of at least 4 members (excludes halogenated alkanes) is 3. The van der Waals surface area contributed by atoms with Crippen LogP contribution >= 0.6 is 11.3 Å². The molecule has 0 bridgehead atoms. The average molecular weight is 565 g/mol. The molecule has 40 heavy (non-hydrogen) atoms. The molecule has 0 spiro atoms. The number of hydrogen-bond acceptors (Lipinski definition) is 8. The second-order valence-corrected chi connectivity index (χ2v) is 10.7. The highest BCUT2D eigenvalue weighted by Gasteiger charge is 2.45. The van der Waals surface area contributed by atoms with Crippen LogP contribution in [0, 0.1) is 12.7 Å². The molecule has 1 atom stereocenters. The molecule has 208 valence electrons. The quantitative estimate of drug-likeness (QED) is 0.158. The third-order valence-electron chi connectivity index (χ3n) is 6.90. The number of carbonyl (C=O) groups excluding carboxylic acids is 2. The predicted octanol–water partition coefficient (Wildman–Crippen LogP) is 6.62. The molecule has 1 aliphatic heterocycles. The number of anilines is 1. The number of amides is 1. The van der Waals surface area contributed by atoms with Crippen molar-refractivity contribution in [2.75, 3.05) is 18.6 Å². The fourth-order valence-corrected chi connectivity index (χ4v) is 5.94. The average Bonchev–Trinajstić information content (AvgIpc) is 3.46. The molecular formula is C30H29FN2O6S. The van der Waals surface area contributed by atoms with Gasteiger partial charge in [-0.2, -0.15) is 0 Å². The number of halogens is 1. The highest BCUT2D eigenvalue weighted by atomic mass is 32.1. The van der Waals surface area contributed by atoms with Crippen LogP contribution in [0.5, 0.6) is 11.5 Å². The van der Waals surface area contributed by atoms with Crippen LogP contribution in [0.2, 0.25) is 0 Å². The maximum atomic E-state index is 14.1. The first kappa shape index (κ1) is 27.5. The van der Waals surface area contributed by atoms with Crippen molar-refractivity contribution in [3.63, 3.8) is 0 Å². The number of aryl methyl sites for hydroxylation is 1. The number of nitrogens with zero attached hydrogens (tertiary/aromatic N) is 2. The van der Waals surface area contributed by atoms with Crippen LogP contribution in [0.25, 0.3) is 11.0 Å². The van der Waals surface area contributed by atoms with Crippen LogP contribution in [0.4, 0.5) is 9.52 Å². The second-order valence-electron chi connectivity index (χ2n) is 9.68. The van der Waals surface area contributed by atoms with E-state index in [-0.39, 0.29) is 33.2 Å². The summed E-state index contributed by atoms with van der Waals surface area (Å²) in [5, 5.41) is 0.270. The smallest absolute Gasteiger partial charge is 0.297 e. The van der Waals surface area contributed by atoms with Gasteiger partial charge in [0.2, 0.25) is 5.76 Å². The molecule has 1 amide bonds. The Balaban J connectivity index is 1.65. The minimum Gasteiger partial charge on any atom is -0.493 e. The lowest BCUT2D eigenvalue weighted by molar-refractivity contribution is 0.0969. The van der Waals surface area contributed by atoms with Gasteiger partial charge in [-0.15, -0.1) is 0 Å². The maximum absolute atomic E-state index is 14.1. The van der Waals surface area contributed by atoms with E-state index in [1.807, 2.05) is 0 Å². The topological polar surface area (TPSA) is 98.9 Å². The van der Waals surface area contributed by atoms with Gasteiger partial charge < -0.3 is 13.9 Å². The van der Waals surface area contributed by atoms with E-state index in [1.54, 1.807) is 25.1 Å². The van der Waals surface area contributed by atoms with E-state index in [9.17, 15) is 18.8 Å². The Morgan fingerprint density at radius 3 is 2.62 bits per heavy atom. The highest BCUT2D eigenvalue weighted by Crippen LogP contribution is 2.44. The molecule has 0 fully saturated rings. The van der Waals surface area contributed by atoms with Crippen LogP contribution in [0.1, 0.15) is 82.6 Å². The molecule has 2 aromatic carbocycles. The van der Waals surface area contributed by atoms with Crippen LogP contribution in [0.3, 0.4) is 0 Å². The van der Waals surface area contributed by atoms with Crippen molar-refractivity contribution in [2.45, 2.75) is 52.5 Å². The van der Waals surface area contributed by atoms with Gasteiger partial charge in [0.15, 0.2) is 27.8 Å². The molecule has 2 aromatic heterocycles. The Hall–Kier alpha value is -4.05. The van der Waals surface area contributed by atoms with Crippen LogP contribution in [-0.2, 0) is 0 Å². The van der Waals surface area contributed by atoms with E-state index < -0.39 is 23.2 Å². The predicted molar refractivity (Wildman–Crippen MR) is 151 cm³/mol. The van der Waals surface area contributed by atoms with E-state index in [0.29, 0.717) is 34.2 Å². The van der Waals surface area contributed by atoms with Gasteiger partial charge >= 0.3 is 0 Å². The van der Waals surface area contributed by atoms with Gasteiger partial charge in [0.1, 0.15) is 11.4 Å². The number of methoxy groups -OCH3 is 1. The molecule has 4 aromatic rings. The summed E-state index contributed by atoms with van der Waals surface area (Å²) in [6, 6.07) is 7.85. The zero-order chi connectivity index (χ0) is 28.6. The summed E-state index contributed by atoms with van der Waals surface area (Å²) in [7, 11) is 1.52. The molecule has 1 aliphatic rings. The first-order valence-corrected chi connectivity index (χ1v) is 14.0. The van der Waals surface area contributed by atoms with Gasteiger partial charge in [0, 0.05) is 6.92 Å². The van der Waals surface area contributed by atoms with E-state index in [1.165, 1.54) is 31.1 Å². The molecule has 3 heterocycles. The molecule has 0 N–H and O–H groups in total. The lowest BCUT2D eigenvalue weighted by Gasteiger charge is -2.23. The molecule has 8 nitrogen and oxygen atoms in total. The van der Waals surface area contributed by atoms with Crippen molar-refractivity contribution in [1.82, 2.24) is 4.98 Å². The zero-order valence-corrected chi connectivity index (χ0v) is 23.5. The molecule has 1 unspecified atom stereocenters. The van der Waals surface area contributed by atoms with Crippen molar-refractivity contribution in [2.24, 2.45) is 0 Å². The second kappa shape index (κ2) is 11.2. The molecule has 0 saturated heterocycles. The number of carbonyl (C=O) groups is 2. The van der Waals surface area contributed by atoms with Crippen molar-refractivity contribution >= 4 is 39.1 Å². The van der Waals surface area contributed by atoms with Crippen molar-refractivity contribution in [1.29, 1.82) is 0 Å². The number of hydrogen-bond donors (Lipinski definition) is 0. The zero-order valence-electron chi connectivity index (χ0n) is 22.7. The largest absolute Gasteiger partial charge is 0.493 e. The lowest BCUT2D eigenvalue weighted by atomic mass is 9.98. The number of aromatic nitrogens is 1. The van der Waals surface area contributed by atoms with E-state index >= 15 is 0 Å². The Morgan fingerprint density at radius 2 is 1.93 bits per heavy atom. The summed E-state index contributed by atoms with van der Waals surface area (Å²) in [5.74, 6) is -0.537. The fraction of sp³-hybridized carbons (Fsp3) is 0.333. The summed E-state index contributed by atoms with van der Waals surface area (Å²) < 4.78 is 31.6. The summed E-state index contributed by atoms with van der Waals surface area (Å²) in [5.41, 5.74) is 0.666. The Bertz CT molecular complexity index is 1680. The summed E-state index contributed by atoms with van der Waals surface area (Å²) in [6.45, 7) is 5.79. The fourth-order valence-electron chi connectivity index (χ4n) is 4.95. The van der Waals surface area contributed by atoms with Crippen molar-refractivity contribution in [3.05, 3.63) is 79.9 Å². The third kappa shape index (κ3) is 4.88. The van der Waals surface area contributed by atoms with E-state index in [0.717, 1.165) is 43.1 Å². The van der Waals surface area contributed by atoms with Gasteiger partial charge in [-0.3, -0.25) is 19.3 Å². The number of thiazole rings is 1. The minimum atomic E-state index is -0.954. The van der Waals surface area contributed by atoms with Gasteiger partial charge in [0.25, 0.3) is 5.91 Å². The summed E-state index contributed by atoms with van der Waals surface area (Å²) in [4.78, 5) is 46.1. The number of Topliss-reactive ketones (excluding diaryl/α,β-unsaturated/α-hetero) is 1. The lowest BCUT2D eigenvalue weighted by Crippen LogP contribution is -2.29. The first-order valence-electron chi connectivity index (χ1n) is 13.1. The van der Waals surface area contributed by atoms with E-state index in [2.05, 4.69) is 11.9 Å². The number of ketones is 1. The number of ether oxygens (including phenoxy) is 2. The number of fused-ring (bicyclic) bond motifs is 2. The summed E-state index contributed by atoms with van der Waals surface area (Å²) in [6.07, 6.45) is 4.22. The van der Waals surface area contributed by atoms with Crippen LogP contribution in [-0.4, -0.2) is 30.4 Å². The van der Waals surface area contributed by atoms with Gasteiger partial charge in [-0.1, -0.05) is 43.6 Å². The molecule has 10 heteroatoms. The first-order chi connectivity index (χ1) is 19.2. The third-order valence-corrected chi connectivity index (χ3v) is 8.16.